The summed E-state index contributed by atoms with van der Waals surface area (Å²) in [6, 6.07) is 7.40. The number of piperazine rings is 1. The van der Waals surface area contributed by atoms with Crippen molar-refractivity contribution in [2.45, 2.75) is 20.8 Å². The van der Waals surface area contributed by atoms with Crippen molar-refractivity contribution in [2.24, 2.45) is 0 Å². The van der Waals surface area contributed by atoms with Crippen LogP contribution in [0.4, 0.5) is 0 Å². The molecule has 3 rings (SSSR count). The zero-order valence-corrected chi connectivity index (χ0v) is 16.1. The monoisotopic (exact) mass is 370 g/mol. The summed E-state index contributed by atoms with van der Waals surface area (Å²) in [6.45, 7) is 10.0. The van der Waals surface area contributed by atoms with E-state index in [0.717, 1.165) is 25.2 Å². The minimum atomic E-state index is -0.0884. The Bertz CT molecular complexity index is 822. The van der Waals surface area contributed by atoms with Crippen molar-refractivity contribution in [3.8, 4) is 0 Å². The molecule has 2 amide bonds. The van der Waals surface area contributed by atoms with Crippen LogP contribution in [0.3, 0.4) is 0 Å². The summed E-state index contributed by atoms with van der Waals surface area (Å²) in [6.07, 6.45) is 0. The third kappa shape index (κ3) is 4.74. The average Bonchev–Trinajstić information content (AvgIpc) is 3.10. The average molecular weight is 370 g/mol. The first-order valence-corrected chi connectivity index (χ1v) is 9.24. The Hall–Kier alpha value is -2.67. The lowest BCUT2D eigenvalue weighted by atomic mass is 10.1. The summed E-state index contributed by atoms with van der Waals surface area (Å²) in [4.78, 5) is 28.7. The summed E-state index contributed by atoms with van der Waals surface area (Å²) in [5.74, 6) is 0.499. The Kier molecular flexibility index (Phi) is 5.91. The third-order valence-corrected chi connectivity index (χ3v) is 4.99. The van der Waals surface area contributed by atoms with Gasteiger partial charge in [-0.1, -0.05) is 11.2 Å². The molecule has 7 heteroatoms. The normalized spacial score (nSPS) is 15.0. The number of rotatable bonds is 5. The SMILES string of the molecule is Cc1cc(C(=O)N2CCN(CCNC(=O)c3ccc(C)c(C)c3)CC2)no1. The number of benzene rings is 1. The maximum Gasteiger partial charge on any atom is 0.276 e. The topological polar surface area (TPSA) is 78.7 Å². The lowest BCUT2D eigenvalue weighted by Gasteiger charge is -2.34. The highest BCUT2D eigenvalue weighted by Crippen LogP contribution is 2.10. The molecule has 0 bridgehead atoms. The van der Waals surface area contributed by atoms with E-state index < -0.39 is 0 Å². The minimum absolute atomic E-state index is 0.0479. The van der Waals surface area contributed by atoms with Gasteiger partial charge in [0.1, 0.15) is 5.76 Å². The van der Waals surface area contributed by atoms with E-state index in [1.807, 2.05) is 32.0 Å². The molecule has 1 aliphatic heterocycles. The molecule has 7 nitrogen and oxygen atoms in total. The number of hydrogen-bond donors (Lipinski definition) is 1. The van der Waals surface area contributed by atoms with Crippen LogP contribution in [0.25, 0.3) is 0 Å². The van der Waals surface area contributed by atoms with E-state index in [1.165, 1.54) is 5.56 Å². The Morgan fingerprint density at radius 1 is 1.07 bits per heavy atom. The summed E-state index contributed by atoms with van der Waals surface area (Å²) in [5, 5.41) is 6.76. The second-order valence-corrected chi connectivity index (χ2v) is 7.01. The van der Waals surface area contributed by atoms with Gasteiger partial charge in [-0.15, -0.1) is 0 Å². The van der Waals surface area contributed by atoms with Gasteiger partial charge >= 0.3 is 0 Å². The number of nitrogens with one attached hydrogen (secondary N) is 1. The molecule has 1 aromatic carbocycles. The zero-order chi connectivity index (χ0) is 19.4. The molecule has 2 heterocycles. The van der Waals surface area contributed by atoms with Crippen molar-refractivity contribution in [3.63, 3.8) is 0 Å². The molecule has 1 saturated heterocycles. The number of carbonyl (C=O) groups excluding carboxylic acids is 2. The van der Waals surface area contributed by atoms with Crippen LogP contribution in [0, 0.1) is 20.8 Å². The van der Waals surface area contributed by atoms with Crippen LogP contribution in [0.1, 0.15) is 37.7 Å². The van der Waals surface area contributed by atoms with Crippen LogP contribution in [0.5, 0.6) is 0 Å². The quantitative estimate of drug-likeness (QED) is 0.868. The van der Waals surface area contributed by atoms with Gasteiger partial charge in [-0.2, -0.15) is 0 Å². The highest BCUT2D eigenvalue weighted by Gasteiger charge is 2.24. The van der Waals surface area contributed by atoms with E-state index in [1.54, 1.807) is 17.9 Å². The molecule has 1 N–H and O–H groups in total. The molecule has 2 aromatic rings. The highest BCUT2D eigenvalue weighted by molar-refractivity contribution is 5.94. The molecule has 0 spiro atoms. The van der Waals surface area contributed by atoms with Gasteiger partial charge in [0.15, 0.2) is 5.69 Å². The zero-order valence-electron chi connectivity index (χ0n) is 16.1. The van der Waals surface area contributed by atoms with Crippen LogP contribution in [-0.2, 0) is 0 Å². The molecule has 0 unspecified atom stereocenters. The molecule has 27 heavy (non-hydrogen) atoms. The van der Waals surface area contributed by atoms with Crippen molar-refractivity contribution < 1.29 is 14.1 Å². The van der Waals surface area contributed by atoms with Crippen LogP contribution in [-0.4, -0.2) is 66.0 Å². The van der Waals surface area contributed by atoms with Crippen LogP contribution in [0.15, 0.2) is 28.8 Å². The standard InChI is InChI=1S/C20H26N4O3/c1-14-4-5-17(12-15(14)2)19(25)21-6-7-23-8-10-24(11-9-23)20(26)18-13-16(3)27-22-18/h4-5,12-13H,6-11H2,1-3H3,(H,21,25). The second-order valence-electron chi connectivity index (χ2n) is 7.01. The maximum atomic E-state index is 12.4. The lowest BCUT2D eigenvalue weighted by molar-refractivity contribution is 0.0628. The Labute approximate surface area is 159 Å². The Balaban J connectivity index is 1.41. The summed E-state index contributed by atoms with van der Waals surface area (Å²) in [5.41, 5.74) is 3.35. The first-order valence-electron chi connectivity index (χ1n) is 9.24. The first-order chi connectivity index (χ1) is 12.9. The van der Waals surface area contributed by atoms with E-state index in [2.05, 4.69) is 15.4 Å². The molecule has 1 fully saturated rings. The van der Waals surface area contributed by atoms with E-state index in [4.69, 9.17) is 4.52 Å². The van der Waals surface area contributed by atoms with Gasteiger partial charge in [-0.05, 0) is 44.0 Å². The van der Waals surface area contributed by atoms with Crippen molar-refractivity contribution in [1.82, 2.24) is 20.3 Å². The predicted octanol–water partition coefficient (Wildman–Crippen LogP) is 1.79. The molecule has 144 valence electrons. The lowest BCUT2D eigenvalue weighted by Crippen LogP contribution is -2.50. The molecule has 1 aliphatic rings. The molecule has 0 saturated carbocycles. The third-order valence-electron chi connectivity index (χ3n) is 4.99. The van der Waals surface area contributed by atoms with Gasteiger partial charge < -0.3 is 14.7 Å². The van der Waals surface area contributed by atoms with E-state index >= 15 is 0 Å². The first kappa shape index (κ1) is 19.1. The number of hydrogen-bond acceptors (Lipinski definition) is 5. The van der Waals surface area contributed by atoms with Gasteiger partial charge in [-0.3, -0.25) is 14.5 Å². The van der Waals surface area contributed by atoms with E-state index in [9.17, 15) is 9.59 Å². The number of aryl methyl sites for hydroxylation is 3. The fourth-order valence-electron chi connectivity index (χ4n) is 3.12. The van der Waals surface area contributed by atoms with Crippen molar-refractivity contribution >= 4 is 11.8 Å². The summed E-state index contributed by atoms with van der Waals surface area (Å²) < 4.78 is 4.98. The largest absolute Gasteiger partial charge is 0.361 e. The summed E-state index contributed by atoms with van der Waals surface area (Å²) >= 11 is 0. The molecule has 0 aliphatic carbocycles. The molecule has 1 aromatic heterocycles. The fraction of sp³-hybridized carbons (Fsp3) is 0.450. The predicted molar refractivity (Wildman–Crippen MR) is 102 cm³/mol. The maximum absolute atomic E-state index is 12.4. The van der Waals surface area contributed by atoms with E-state index in [0.29, 0.717) is 36.7 Å². The van der Waals surface area contributed by atoms with Gasteiger partial charge in [0.25, 0.3) is 11.8 Å². The van der Waals surface area contributed by atoms with Crippen molar-refractivity contribution in [2.75, 3.05) is 39.3 Å². The number of amides is 2. The van der Waals surface area contributed by atoms with Crippen LogP contribution >= 0.6 is 0 Å². The number of carbonyl (C=O) groups is 2. The highest BCUT2D eigenvalue weighted by atomic mass is 16.5. The van der Waals surface area contributed by atoms with Crippen LogP contribution < -0.4 is 5.32 Å². The number of nitrogens with zero attached hydrogens (tertiary/aromatic N) is 3. The minimum Gasteiger partial charge on any atom is -0.361 e. The Morgan fingerprint density at radius 3 is 2.44 bits per heavy atom. The van der Waals surface area contributed by atoms with Gasteiger partial charge in [-0.25, -0.2) is 0 Å². The second kappa shape index (κ2) is 8.35. The van der Waals surface area contributed by atoms with Crippen molar-refractivity contribution in [1.29, 1.82) is 0 Å². The van der Waals surface area contributed by atoms with Gasteiger partial charge in [0.05, 0.1) is 0 Å². The van der Waals surface area contributed by atoms with E-state index in [-0.39, 0.29) is 11.8 Å². The van der Waals surface area contributed by atoms with Crippen molar-refractivity contribution in [3.05, 3.63) is 52.4 Å². The molecular weight excluding hydrogens is 344 g/mol. The fourth-order valence-corrected chi connectivity index (χ4v) is 3.12. The van der Waals surface area contributed by atoms with Gasteiger partial charge in [0.2, 0.25) is 0 Å². The number of aromatic nitrogens is 1. The molecular formula is C20H26N4O3. The molecule has 0 atom stereocenters. The summed E-state index contributed by atoms with van der Waals surface area (Å²) in [7, 11) is 0. The van der Waals surface area contributed by atoms with Crippen LogP contribution in [0.2, 0.25) is 0 Å². The smallest absolute Gasteiger partial charge is 0.276 e. The Morgan fingerprint density at radius 2 is 1.81 bits per heavy atom. The molecule has 0 radical (unpaired) electrons. The van der Waals surface area contributed by atoms with Gasteiger partial charge in [0, 0.05) is 50.9 Å².